The van der Waals surface area contributed by atoms with Gasteiger partial charge in [-0.3, -0.25) is 0 Å². The van der Waals surface area contributed by atoms with E-state index in [4.69, 9.17) is 5.73 Å². The van der Waals surface area contributed by atoms with E-state index >= 15 is 0 Å². The van der Waals surface area contributed by atoms with Gasteiger partial charge >= 0.3 is 0 Å². The van der Waals surface area contributed by atoms with E-state index in [-0.39, 0.29) is 0 Å². The van der Waals surface area contributed by atoms with Crippen LogP contribution in [-0.4, -0.2) is 4.57 Å². The minimum atomic E-state index is 0.641. The molecule has 2 rings (SSSR count). The topological polar surface area (TPSA) is 30.9 Å². The van der Waals surface area contributed by atoms with Crippen LogP contribution in [0.2, 0.25) is 0 Å². The van der Waals surface area contributed by atoms with Crippen molar-refractivity contribution in [3.05, 3.63) is 41.1 Å². The predicted octanol–water partition coefficient (Wildman–Crippen LogP) is 3.29. The van der Waals surface area contributed by atoms with E-state index in [1.165, 1.54) is 27.6 Å². The van der Waals surface area contributed by atoms with Gasteiger partial charge in [0.2, 0.25) is 0 Å². The van der Waals surface area contributed by atoms with Crippen molar-refractivity contribution in [3.63, 3.8) is 0 Å². The van der Waals surface area contributed by atoms with E-state index in [9.17, 15) is 0 Å². The van der Waals surface area contributed by atoms with Gasteiger partial charge in [0, 0.05) is 18.1 Å². The molecule has 1 aromatic carbocycles. The Hall–Kier alpha value is -1.70. The number of nitrogens with zero attached hydrogens (tertiary/aromatic N) is 1. The Morgan fingerprint density at radius 2 is 2.00 bits per heavy atom. The maximum Gasteiger partial charge on any atom is 0.0672 e. The molecule has 0 fully saturated rings. The quantitative estimate of drug-likeness (QED) is 0.840. The van der Waals surface area contributed by atoms with Gasteiger partial charge in [-0.2, -0.15) is 0 Å². The van der Waals surface area contributed by atoms with Crippen LogP contribution in [0.5, 0.6) is 0 Å². The highest BCUT2D eigenvalue weighted by Gasteiger charge is 2.16. The molecule has 1 aromatic heterocycles. The number of nitrogens with two attached hydrogens (primary N) is 1. The van der Waals surface area contributed by atoms with Gasteiger partial charge in [0.25, 0.3) is 0 Å². The number of rotatable bonds is 2. The lowest BCUT2D eigenvalue weighted by molar-refractivity contribution is 0.934. The molecule has 0 saturated heterocycles. The Morgan fingerprint density at radius 3 is 2.53 bits per heavy atom. The first-order valence-corrected chi connectivity index (χ1v) is 6.01. The molecular formula is C15H20N2. The monoisotopic (exact) mass is 228 g/mol. The summed E-state index contributed by atoms with van der Waals surface area (Å²) in [5.41, 5.74) is 12.8. The van der Waals surface area contributed by atoms with Crippen LogP contribution in [-0.2, 0) is 13.5 Å². The van der Waals surface area contributed by atoms with Gasteiger partial charge in [-0.1, -0.05) is 25.6 Å². The standard InChI is InChI=1S/C15H20N2/c1-6-12-8-7-9(2)14-13(12)10(3)15(11(4)16)17(14)5/h7-8H,4,6,16H2,1-3,5H3. The number of aryl methyl sites for hydroxylation is 4. The van der Waals surface area contributed by atoms with Crippen molar-refractivity contribution in [1.82, 2.24) is 4.57 Å². The molecule has 1 heterocycles. The van der Waals surface area contributed by atoms with E-state index in [0.29, 0.717) is 5.70 Å². The van der Waals surface area contributed by atoms with Crippen molar-refractivity contribution in [1.29, 1.82) is 0 Å². The Labute approximate surface area is 103 Å². The summed E-state index contributed by atoms with van der Waals surface area (Å²) in [6.07, 6.45) is 1.04. The Balaban J connectivity index is 3.01. The molecule has 90 valence electrons. The maximum atomic E-state index is 5.91. The zero-order valence-corrected chi connectivity index (χ0v) is 11.1. The van der Waals surface area contributed by atoms with Gasteiger partial charge in [-0.05, 0) is 37.0 Å². The van der Waals surface area contributed by atoms with E-state index in [2.05, 4.69) is 51.1 Å². The first kappa shape index (κ1) is 11.8. The van der Waals surface area contributed by atoms with Gasteiger partial charge in [-0.15, -0.1) is 0 Å². The van der Waals surface area contributed by atoms with Crippen molar-refractivity contribution in [3.8, 4) is 0 Å². The molecule has 2 aromatic rings. The van der Waals surface area contributed by atoms with Gasteiger partial charge in [-0.25, -0.2) is 0 Å². The third kappa shape index (κ3) is 1.55. The van der Waals surface area contributed by atoms with Crippen molar-refractivity contribution >= 4 is 16.6 Å². The number of benzene rings is 1. The van der Waals surface area contributed by atoms with Crippen LogP contribution in [0.15, 0.2) is 18.7 Å². The normalized spacial score (nSPS) is 11.1. The molecule has 0 aliphatic heterocycles. The van der Waals surface area contributed by atoms with Crippen LogP contribution in [0.25, 0.3) is 16.6 Å². The molecule has 0 spiro atoms. The van der Waals surface area contributed by atoms with Gasteiger partial charge < -0.3 is 10.3 Å². The molecule has 0 atom stereocenters. The molecule has 0 aliphatic rings. The first-order valence-electron chi connectivity index (χ1n) is 6.01. The van der Waals surface area contributed by atoms with E-state index < -0.39 is 0 Å². The first-order chi connectivity index (χ1) is 7.99. The minimum Gasteiger partial charge on any atom is -0.398 e. The van der Waals surface area contributed by atoms with E-state index in [1.54, 1.807) is 0 Å². The van der Waals surface area contributed by atoms with Crippen LogP contribution in [0.3, 0.4) is 0 Å². The summed E-state index contributed by atoms with van der Waals surface area (Å²) in [6.45, 7) is 10.3. The number of aromatic nitrogens is 1. The zero-order valence-electron chi connectivity index (χ0n) is 11.1. The molecule has 0 amide bonds. The largest absolute Gasteiger partial charge is 0.398 e. The summed E-state index contributed by atoms with van der Waals surface area (Å²) in [4.78, 5) is 0. The van der Waals surface area contributed by atoms with Crippen LogP contribution in [0, 0.1) is 13.8 Å². The lowest BCUT2D eigenvalue weighted by Gasteiger charge is -2.06. The summed E-state index contributed by atoms with van der Waals surface area (Å²) >= 11 is 0. The fourth-order valence-electron chi connectivity index (χ4n) is 2.82. The molecular weight excluding hydrogens is 208 g/mol. The molecule has 0 saturated carbocycles. The molecule has 2 heteroatoms. The van der Waals surface area contributed by atoms with Gasteiger partial charge in [0.15, 0.2) is 0 Å². The van der Waals surface area contributed by atoms with Gasteiger partial charge in [0.05, 0.1) is 11.2 Å². The van der Waals surface area contributed by atoms with E-state index in [1.807, 2.05) is 0 Å². The highest BCUT2D eigenvalue weighted by Crippen LogP contribution is 2.32. The lowest BCUT2D eigenvalue weighted by atomic mass is 10.0. The number of hydrogen-bond acceptors (Lipinski definition) is 1. The van der Waals surface area contributed by atoms with Crippen LogP contribution < -0.4 is 5.73 Å². The minimum absolute atomic E-state index is 0.641. The molecule has 0 unspecified atom stereocenters. The Morgan fingerprint density at radius 1 is 1.35 bits per heavy atom. The molecule has 17 heavy (non-hydrogen) atoms. The average Bonchev–Trinajstić information content (AvgIpc) is 2.53. The third-order valence-electron chi connectivity index (χ3n) is 3.55. The Kier molecular flexibility index (Phi) is 2.74. The second-order valence-electron chi connectivity index (χ2n) is 4.68. The highest BCUT2D eigenvalue weighted by molar-refractivity contribution is 5.94. The second kappa shape index (κ2) is 3.95. The average molecular weight is 228 g/mol. The van der Waals surface area contributed by atoms with Crippen molar-refractivity contribution in [2.45, 2.75) is 27.2 Å². The summed E-state index contributed by atoms with van der Waals surface area (Å²) in [7, 11) is 2.06. The lowest BCUT2D eigenvalue weighted by Crippen LogP contribution is -2.02. The smallest absolute Gasteiger partial charge is 0.0672 e. The highest BCUT2D eigenvalue weighted by atomic mass is 15.0. The summed E-state index contributed by atoms with van der Waals surface area (Å²) in [6, 6.07) is 4.40. The number of fused-ring (bicyclic) bond motifs is 1. The molecule has 2 N–H and O–H groups in total. The van der Waals surface area contributed by atoms with E-state index in [0.717, 1.165) is 12.1 Å². The fraction of sp³-hybridized carbons (Fsp3) is 0.333. The van der Waals surface area contributed by atoms with Crippen molar-refractivity contribution in [2.24, 2.45) is 12.8 Å². The van der Waals surface area contributed by atoms with Crippen LogP contribution >= 0.6 is 0 Å². The summed E-state index contributed by atoms with van der Waals surface area (Å²) < 4.78 is 2.17. The van der Waals surface area contributed by atoms with Crippen LogP contribution in [0.1, 0.15) is 29.3 Å². The van der Waals surface area contributed by atoms with Crippen molar-refractivity contribution in [2.75, 3.05) is 0 Å². The fourth-order valence-corrected chi connectivity index (χ4v) is 2.82. The summed E-state index contributed by atoms with van der Waals surface area (Å²) in [5.74, 6) is 0. The Bertz CT molecular complexity index is 603. The third-order valence-corrected chi connectivity index (χ3v) is 3.55. The van der Waals surface area contributed by atoms with Crippen LogP contribution in [0.4, 0.5) is 0 Å². The summed E-state index contributed by atoms with van der Waals surface area (Å²) in [5, 5.41) is 1.34. The molecule has 0 aliphatic carbocycles. The molecule has 0 radical (unpaired) electrons. The second-order valence-corrected chi connectivity index (χ2v) is 4.68. The van der Waals surface area contributed by atoms with Gasteiger partial charge in [0.1, 0.15) is 0 Å². The zero-order chi connectivity index (χ0) is 12.7. The maximum absolute atomic E-state index is 5.91. The predicted molar refractivity (Wildman–Crippen MR) is 75.0 cm³/mol. The van der Waals surface area contributed by atoms with Crippen molar-refractivity contribution < 1.29 is 0 Å². The SMILES string of the molecule is C=C(N)c1c(C)c2c(CC)ccc(C)c2n1C. The molecule has 2 nitrogen and oxygen atoms in total. The number of hydrogen-bond donors (Lipinski definition) is 1. The molecule has 0 bridgehead atoms.